The largest absolute Gasteiger partial charge is 0.497 e. The van der Waals surface area contributed by atoms with Crippen molar-refractivity contribution < 1.29 is 29.2 Å². The topological polar surface area (TPSA) is 80.6 Å². The highest BCUT2D eigenvalue weighted by Gasteiger charge is 2.50. The molecule has 1 aromatic rings. The van der Waals surface area contributed by atoms with E-state index >= 15 is 0 Å². The third-order valence-electron chi connectivity index (χ3n) is 4.99. The van der Waals surface area contributed by atoms with Crippen LogP contribution >= 0.6 is 0 Å². The SMILES string of the molecule is COCO[C@H]1[C@H](O)[C@H](O)CN2CC[C@H](OCc3ccc(OC)cc3)[C@H]12. The summed E-state index contributed by atoms with van der Waals surface area (Å²) in [4.78, 5) is 2.14. The smallest absolute Gasteiger partial charge is 0.146 e. The van der Waals surface area contributed by atoms with E-state index in [0.29, 0.717) is 13.2 Å². The molecule has 3 rings (SSSR count). The summed E-state index contributed by atoms with van der Waals surface area (Å²) in [6.45, 7) is 1.80. The Bertz CT molecular complexity index is 539. The molecule has 2 aliphatic heterocycles. The van der Waals surface area contributed by atoms with Crippen molar-refractivity contribution in [3.8, 4) is 5.75 Å². The number of piperidine rings is 1. The minimum Gasteiger partial charge on any atom is -0.497 e. The molecule has 2 saturated heterocycles. The van der Waals surface area contributed by atoms with Gasteiger partial charge in [0, 0.05) is 20.2 Å². The number of ether oxygens (including phenoxy) is 4. The Morgan fingerprint density at radius 2 is 1.88 bits per heavy atom. The molecule has 7 nitrogen and oxygen atoms in total. The molecule has 0 saturated carbocycles. The maximum atomic E-state index is 10.3. The van der Waals surface area contributed by atoms with Crippen LogP contribution in [0.25, 0.3) is 0 Å². The van der Waals surface area contributed by atoms with E-state index in [-0.39, 0.29) is 18.9 Å². The molecule has 0 aliphatic carbocycles. The van der Waals surface area contributed by atoms with E-state index in [0.717, 1.165) is 24.3 Å². The fourth-order valence-electron chi connectivity index (χ4n) is 3.70. The van der Waals surface area contributed by atoms with Crippen LogP contribution in [0.15, 0.2) is 24.3 Å². The number of hydrogen-bond donors (Lipinski definition) is 2. The number of benzene rings is 1. The molecule has 2 heterocycles. The van der Waals surface area contributed by atoms with Gasteiger partial charge < -0.3 is 29.2 Å². The van der Waals surface area contributed by atoms with Crippen LogP contribution in [0, 0.1) is 0 Å². The number of methoxy groups -OCH3 is 2. The van der Waals surface area contributed by atoms with Crippen LogP contribution in [-0.4, -0.2) is 79.7 Å². The van der Waals surface area contributed by atoms with Crippen LogP contribution in [0.5, 0.6) is 5.75 Å². The Hall–Kier alpha value is -1.22. The van der Waals surface area contributed by atoms with Gasteiger partial charge in [0.1, 0.15) is 24.8 Å². The van der Waals surface area contributed by atoms with Gasteiger partial charge in [-0.2, -0.15) is 0 Å². The molecule has 2 N–H and O–H groups in total. The fourth-order valence-corrected chi connectivity index (χ4v) is 3.70. The van der Waals surface area contributed by atoms with Crippen LogP contribution in [0.3, 0.4) is 0 Å². The molecular weight excluding hydrogens is 326 g/mol. The normalized spacial score (nSPS) is 32.6. The number of aliphatic hydroxyl groups is 2. The summed E-state index contributed by atoms with van der Waals surface area (Å²) in [5.41, 5.74) is 1.06. The zero-order chi connectivity index (χ0) is 17.8. The van der Waals surface area contributed by atoms with Crippen molar-refractivity contribution in [3.05, 3.63) is 29.8 Å². The lowest BCUT2D eigenvalue weighted by atomic mass is 9.92. The van der Waals surface area contributed by atoms with Crippen molar-refractivity contribution in [1.82, 2.24) is 4.90 Å². The Labute approximate surface area is 148 Å². The first kappa shape index (κ1) is 18.6. The third-order valence-corrected chi connectivity index (χ3v) is 4.99. The van der Waals surface area contributed by atoms with Gasteiger partial charge in [0.15, 0.2) is 0 Å². The van der Waals surface area contributed by atoms with Gasteiger partial charge in [-0.25, -0.2) is 0 Å². The molecule has 2 fully saturated rings. The zero-order valence-electron chi connectivity index (χ0n) is 14.7. The molecule has 2 aliphatic rings. The van der Waals surface area contributed by atoms with Gasteiger partial charge in [-0.3, -0.25) is 4.90 Å². The molecular formula is C18H27NO6. The summed E-state index contributed by atoms with van der Waals surface area (Å²) in [5.74, 6) is 0.813. The minimum absolute atomic E-state index is 0.0638. The number of fused-ring (bicyclic) bond motifs is 1. The first-order valence-corrected chi connectivity index (χ1v) is 8.59. The van der Waals surface area contributed by atoms with Crippen molar-refractivity contribution in [2.24, 2.45) is 0 Å². The molecule has 140 valence electrons. The Morgan fingerprint density at radius 3 is 2.56 bits per heavy atom. The first-order chi connectivity index (χ1) is 12.1. The van der Waals surface area contributed by atoms with Crippen molar-refractivity contribution in [2.75, 3.05) is 34.1 Å². The van der Waals surface area contributed by atoms with Gasteiger partial charge in [-0.05, 0) is 24.1 Å². The Kier molecular flexibility index (Phi) is 6.27. The van der Waals surface area contributed by atoms with Gasteiger partial charge in [-0.15, -0.1) is 0 Å². The van der Waals surface area contributed by atoms with E-state index in [2.05, 4.69) is 4.90 Å². The molecule has 0 bridgehead atoms. The molecule has 0 unspecified atom stereocenters. The molecule has 25 heavy (non-hydrogen) atoms. The summed E-state index contributed by atoms with van der Waals surface area (Å²) in [5, 5.41) is 20.4. The van der Waals surface area contributed by atoms with Crippen molar-refractivity contribution in [2.45, 2.75) is 43.5 Å². The molecule has 0 spiro atoms. The Balaban J connectivity index is 1.64. The average molecular weight is 353 g/mol. The second kappa shape index (κ2) is 8.44. The van der Waals surface area contributed by atoms with E-state index in [1.54, 1.807) is 7.11 Å². The van der Waals surface area contributed by atoms with E-state index < -0.39 is 18.3 Å². The monoisotopic (exact) mass is 353 g/mol. The molecule has 0 aromatic heterocycles. The number of hydrogen-bond acceptors (Lipinski definition) is 7. The summed E-state index contributed by atoms with van der Waals surface area (Å²) in [7, 11) is 3.18. The summed E-state index contributed by atoms with van der Waals surface area (Å²) in [6, 6.07) is 7.68. The average Bonchev–Trinajstić information content (AvgIpc) is 3.03. The Morgan fingerprint density at radius 1 is 1.12 bits per heavy atom. The highest BCUT2D eigenvalue weighted by molar-refractivity contribution is 5.26. The molecule has 0 radical (unpaired) electrons. The quantitative estimate of drug-likeness (QED) is 0.686. The van der Waals surface area contributed by atoms with Crippen LogP contribution in [0.1, 0.15) is 12.0 Å². The van der Waals surface area contributed by atoms with Crippen molar-refractivity contribution in [1.29, 1.82) is 0 Å². The number of rotatable bonds is 7. The minimum atomic E-state index is -0.943. The fraction of sp³-hybridized carbons (Fsp3) is 0.667. The lowest BCUT2D eigenvalue weighted by Crippen LogP contribution is -2.62. The van der Waals surface area contributed by atoms with Gasteiger partial charge in [0.05, 0.1) is 32.0 Å². The first-order valence-electron chi connectivity index (χ1n) is 8.59. The van der Waals surface area contributed by atoms with Crippen LogP contribution in [-0.2, 0) is 20.8 Å². The molecule has 1 aromatic carbocycles. The van der Waals surface area contributed by atoms with Gasteiger partial charge in [0.25, 0.3) is 0 Å². The summed E-state index contributed by atoms with van der Waals surface area (Å²) >= 11 is 0. The maximum Gasteiger partial charge on any atom is 0.146 e. The van der Waals surface area contributed by atoms with Crippen LogP contribution in [0.4, 0.5) is 0 Å². The van der Waals surface area contributed by atoms with E-state index in [1.807, 2.05) is 24.3 Å². The number of nitrogens with zero attached hydrogens (tertiary/aromatic N) is 1. The zero-order valence-corrected chi connectivity index (χ0v) is 14.7. The lowest BCUT2D eigenvalue weighted by Gasteiger charge is -2.43. The molecule has 0 amide bonds. The van der Waals surface area contributed by atoms with E-state index in [1.165, 1.54) is 7.11 Å². The highest BCUT2D eigenvalue weighted by Crippen LogP contribution is 2.32. The lowest BCUT2D eigenvalue weighted by molar-refractivity contribution is -0.196. The second-order valence-electron chi connectivity index (χ2n) is 6.57. The van der Waals surface area contributed by atoms with Crippen LogP contribution < -0.4 is 4.74 Å². The predicted octanol–water partition coefficient (Wildman–Crippen LogP) is 0.379. The summed E-state index contributed by atoms with van der Waals surface area (Å²) < 4.78 is 21.9. The number of aliphatic hydroxyl groups excluding tert-OH is 2. The molecule has 7 heteroatoms. The van der Waals surface area contributed by atoms with Crippen molar-refractivity contribution >= 4 is 0 Å². The summed E-state index contributed by atoms with van der Waals surface area (Å²) in [6.07, 6.45) is -1.52. The molecule has 5 atom stereocenters. The van der Waals surface area contributed by atoms with Gasteiger partial charge in [0.2, 0.25) is 0 Å². The maximum absolute atomic E-state index is 10.3. The van der Waals surface area contributed by atoms with Gasteiger partial charge in [-0.1, -0.05) is 12.1 Å². The second-order valence-corrected chi connectivity index (χ2v) is 6.57. The van der Waals surface area contributed by atoms with Crippen LogP contribution in [0.2, 0.25) is 0 Å². The van der Waals surface area contributed by atoms with Gasteiger partial charge >= 0.3 is 0 Å². The van der Waals surface area contributed by atoms with E-state index in [4.69, 9.17) is 18.9 Å². The van der Waals surface area contributed by atoms with Crippen molar-refractivity contribution in [3.63, 3.8) is 0 Å². The standard InChI is InChI=1S/C18H27NO6/c1-22-11-25-18-16-15(7-8-19(16)9-14(20)17(18)21)24-10-12-3-5-13(23-2)6-4-12/h3-6,14-18,20-21H,7-11H2,1-2H3/t14-,15+,16-,17-,18-/m1/s1. The predicted molar refractivity (Wildman–Crippen MR) is 90.3 cm³/mol. The highest BCUT2D eigenvalue weighted by atomic mass is 16.7. The third kappa shape index (κ3) is 4.13. The van der Waals surface area contributed by atoms with E-state index in [9.17, 15) is 10.2 Å².